The molecule has 2 aromatic heterocycles. The van der Waals surface area contributed by atoms with Crippen molar-refractivity contribution >= 4 is 5.78 Å². The van der Waals surface area contributed by atoms with Gasteiger partial charge in [-0.15, -0.1) is 0 Å². The molecular weight excluding hydrogens is 252 g/mol. The first-order chi connectivity index (χ1) is 9.51. The highest BCUT2D eigenvalue weighted by atomic mass is 16.3. The topological polar surface area (TPSA) is 53.7 Å². The second-order valence-electron chi connectivity index (χ2n) is 5.58. The zero-order valence-electron chi connectivity index (χ0n) is 12.8. The highest BCUT2D eigenvalue weighted by Crippen LogP contribution is 2.12. The standard InChI is InChI=1S/C15H24N4O/c1-11(2)18(6-5-7-20)9-14-10-19-13(4)8-12(3)16-15(19)17-14/h8,10-11,20H,5-7,9H2,1-4H3. The third-order valence-corrected chi connectivity index (χ3v) is 3.51. The van der Waals surface area contributed by atoms with Gasteiger partial charge in [-0.05, 0) is 40.2 Å². The van der Waals surface area contributed by atoms with Gasteiger partial charge in [-0.2, -0.15) is 0 Å². The molecule has 0 bridgehead atoms. The summed E-state index contributed by atoms with van der Waals surface area (Å²) in [5, 5.41) is 8.99. The van der Waals surface area contributed by atoms with E-state index in [-0.39, 0.29) is 6.61 Å². The number of hydrogen-bond donors (Lipinski definition) is 1. The molecule has 2 heterocycles. The van der Waals surface area contributed by atoms with Crippen LogP contribution in [-0.4, -0.2) is 43.6 Å². The lowest BCUT2D eigenvalue weighted by Gasteiger charge is -2.25. The number of aliphatic hydroxyl groups excluding tert-OH is 1. The van der Waals surface area contributed by atoms with Crippen LogP contribution in [0, 0.1) is 13.8 Å². The SMILES string of the molecule is Cc1cc(C)n2cc(CN(CCCO)C(C)C)nc2n1. The Balaban J connectivity index is 2.22. The lowest BCUT2D eigenvalue weighted by molar-refractivity contribution is 0.183. The molecule has 5 nitrogen and oxygen atoms in total. The van der Waals surface area contributed by atoms with E-state index >= 15 is 0 Å². The summed E-state index contributed by atoms with van der Waals surface area (Å²) in [7, 11) is 0. The van der Waals surface area contributed by atoms with Crippen LogP contribution in [0.1, 0.15) is 37.4 Å². The van der Waals surface area contributed by atoms with Crippen LogP contribution in [0.5, 0.6) is 0 Å². The van der Waals surface area contributed by atoms with Crippen LogP contribution in [-0.2, 0) is 6.54 Å². The highest BCUT2D eigenvalue weighted by Gasteiger charge is 2.13. The second-order valence-corrected chi connectivity index (χ2v) is 5.58. The van der Waals surface area contributed by atoms with E-state index < -0.39 is 0 Å². The summed E-state index contributed by atoms with van der Waals surface area (Å²) < 4.78 is 2.03. The first kappa shape index (κ1) is 14.9. The largest absolute Gasteiger partial charge is 0.396 e. The summed E-state index contributed by atoms with van der Waals surface area (Å²) in [5.74, 6) is 0.767. The zero-order valence-corrected chi connectivity index (χ0v) is 12.8. The van der Waals surface area contributed by atoms with Gasteiger partial charge in [-0.1, -0.05) is 0 Å². The average Bonchev–Trinajstić information content (AvgIpc) is 2.77. The summed E-state index contributed by atoms with van der Waals surface area (Å²) in [6.07, 6.45) is 2.85. The maximum Gasteiger partial charge on any atom is 0.234 e. The summed E-state index contributed by atoms with van der Waals surface area (Å²) >= 11 is 0. The van der Waals surface area contributed by atoms with Gasteiger partial charge in [0.15, 0.2) is 0 Å². The van der Waals surface area contributed by atoms with Crippen molar-refractivity contribution in [1.29, 1.82) is 0 Å². The summed E-state index contributed by atoms with van der Waals surface area (Å²) in [6, 6.07) is 2.49. The Morgan fingerprint density at radius 3 is 2.70 bits per heavy atom. The molecule has 0 radical (unpaired) electrons. The predicted octanol–water partition coefficient (Wildman–Crippen LogP) is 1.94. The van der Waals surface area contributed by atoms with Crippen molar-refractivity contribution in [3.8, 4) is 0 Å². The number of imidazole rings is 1. The number of aromatic nitrogens is 3. The molecule has 0 aromatic carbocycles. The lowest BCUT2D eigenvalue weighted by Crippen LogP contribution is -2.31. The molecule has 0 fully saturated rings. The van der Waals surface area contributed by atoms with Crippen molar-refractivity contribution in [2.24, 2.45) is 0 Å². The molecule has 0 saturated carbocycles. The quantitative estimate of drug-likeness (QED) is 0.876. The van der Waals surface area contributed by atoms with Gasteiger partial charge in [0.2, 0.25) is 5.78 Å². The number of aryl methyl sites for hydroxylation is 2. The number of nitrogens with zero attached hydrogens (tertiary/aromatic N) is 4. The van der Waals surface area contributed by atoms with Crippen molar-refractivity contribution < 1.29 is 5.11 Å². The van der Waals surface area contributed by atoms with E-state index in [4.69, 9.17) is 5.11 Å². The molecule has 20 heavy (non-hydrogen) atoms. The highest BCUT2D eigenvalue weighted by molar-refractivity contribution is 5.34. The van der Waals surface area contributed by atoms with Gasteiger partial charge in [-0.3, -0.25) is 9.30 Å². The molecule has 0 aliphatic carbocycles. The van der Waals surface area contributed by atoms with E-state index in [1.807, 2.05) is 11.3 Å². The van der Waals surface area contributed by atoms with Crippen LogP contribution in [0.4, 0.5) is 0 Å². The minimum atomic E-state index is 0.230. The molecule has 0 amide bonds. The van der Waals surface area contributed by atoms with E-state index in [1.165, 1.54) is 0 Å². The van der Waals surface area contributed by atoms with Crippen LogP contribution in [0.2, 0.25) is 0 Å². The molecule has 0 saturated heterocycles. The maximum atomic E-state index is 8.99. The molecular formula is C15H24N4O. The number of aliphatic hydroxyl groups is 1. The van der Waals surface area contributed by atoms with Crippen molar-refractivity contribution in [2.75, 3.05) is 13.2 Å². The van der Waals surface area contributed by atoms with Gasteiger partial charge in [0.25, 0.3) is 0 Å². The molecule has 2 aromatic rings. The van der Waals surface area contributed by atoms with Crippen molar-refractivity contribution in [2.45, 2.75) is 46.7 Å². The Kier molecular flexibility index (Phi) is 4.73. The zero-order chi connectivity index (χ0) is 14.7. The molecule has 110 valence electrons. The van der Waals surface area contributed by atoms with Crippen LogP contribution < -0.4 is 0 Å². The molecule has 2 rings (SSSR count). The Hall–Kier alpha value is -1.46. The maximum absolute atomic E-state index is 8.99. The molecule has 0 spiro atoms. The van der Waals surface area contributed by atoms with E-state index in [1.54, 1.807) is 0 Å². The normalized spacial score (nSPS) is 11.9. The minimum absolute atomic E-state index is 0.230. The predicted molar refractivity (Wildman–Crippen MR) is 79.7 cm³/mol. The number of fused-ring (bicyclic) bond motifs is 1. The van der Waals surface area contributed by atoms with Gasteiger partial charge >= 0.3 is 0 Å². The van der Waals surface area contributed by atoms with Gasteiger partial charge in [0.1, 0.15) is 0 Å². The first-order valence-electron chi connectivity index (χ1n) is 7.18. The summed E-state index contributed by atoms with van der Waals surface area (Å²) in [4.78, 5) is 11.4. The third kappa shape index (κ3) is 3.35. The first-order valence-corrected chi connectivity index (χ1v) is 7.18. The van der Waals surface area contributed by atoms with Crippen molar-refractivity contribution in [3.63, 3.8) is 0 Å². The van der Waals surface area contributed by atoms with Crippen LogP contribution in [0.3, 0.4) is 0 Å². The fourth-order valence-electron chi connectivity index (χ4n) is 2.40. The van der Waals surface area contributed by atoms with E-state index in [0.717, 1.165) is 42.4 Å². The Morgan fingerprint density at radius 2 is 2.05 bits per heavy atom. The van der Waals surface area contributed by atoms with Crippen LogP contribution in [0.25, 0.3) is 5.78 Å². The number of rotatable bonds is 6. The summed E-state index contributed by atoms with van der Waals surface area (Å²) in [6.45, 7) is 10.3. The molecule has 1 N–H and O–H groups in total. The monoisotopic (exact) mass is 276 g/mol. The molecule has 0 aliphatic heterocycles. The van der Waals surface area contributed by atoms with Gasteiger partial charge in [0.05, 0.1) is 5.69 Å². The molecule has 0 aliphatic rings. The van der Waals surface area contributed by atoms with Gasteiger partial charge < -0.3 is 5.11 Å². The van der Waals surface area contributed by atoms with E-state index in [9.17, 15) is 0 Å². The fraction of sp³-hybridized carbons (Fsp3) is 0.600. The summed E-state index contributed by atoms with van der Waals surface area (Å²) in [5.41, 5.74) is 3.17. The smallest absolute Gasteiger partial charge is 0.234 e. The van der Waals surface area contributed by atoms with Gasteiger partial charge in [-0.25, -0.2) is 9.97 Å². The number of hydrogen-bond acceptors (Lipinski definition) is 4. The minimum Gasteiger partial charge on any atom is -0.396 e. The average molecular weight is 276 g/mol. The van der Waals surface area contributed by atoms with Crippen molar-refractivity contribution in [1.82, 2.24) is 19.3 Å². The Bertz CT molecular complexity index is 577. The second kappa shape index (κ2) is 6.33. The molecule has 5 heteroatoms. The van der Waals surface area contributed by atoms with Gasteiger partial charge in [0, 0.05) is 43.3 Å². The Labute approximate surface area is 120 Å². The lowest BCUT2D eigenvalue weighted by atomic mass is 10.2. The molecule has 0 atom stereocenters. The van der Waals surface area contributed by atoms with Crippen LogP contribution >= 0.6 is 0 Å². The van der Waals surface area contributed by atoms with E-state index in [2.05, 4.69) is 47.9 Å². The van der Waals surface area contributed by atoms with E-state index in [0.29, 0.717) is 6.04 Å². The molecule has 0 unspecified atom stereocenters. The fourth-order valence-corrected chi connectivity index (χ4v) is 2.40. The van der Waals surface area contributed by atoms with Crippen LogP contribution in [0.15, 0.2) is 12.3 Å². The van der Waals surface area contributed by atoms with Crippen molar-refractivity contribution in [3.05, 3.63) is 29.3 Å². The third-order valence-electron chi connectivity index (χ3n) is 3.51. The Morgan fingerprint density at radius 1 is 1.30 bits per heavy atom.